The molecular formula is C21H22F3N3O2S. The summed E-state index contributed by atoms with van der Waals surface area (Å²) in [7, 11) is -0.591. The molecule has 1 saturated carbocycles. The maximum absolute atomic E-state index is 14.4. The van der Waals surface area contributed by atoms with Crippen molar-refractivity contribution in [3.05, 3.63) is 59.4 Å². The Hall–Kier alpha value is -2.36. The van der Waals surface area contributed by atoms with E-state index in [0.717, 1.165) is 15.9 Å². The zero-order chi connectivity index (χ0) is 21.6. The highest BCUT2D eigenvalue weighted by Gasteiger charge is 2.35. The highest BCUT2D eigenvalue weighted by atomic mass is 32.2. The molecule has 1 fully saturated rings. The first-order valence-electron chi connectivity index (χ1n) is 9.59. The molecule has 9 heteroatoms. The average molecular weight is 437 g/mol. The van der Waals surface area contributed by atoms with Crippen LogP contribution in [-0.2, 0) is 10.2 Å². The molecule has 1 aliphatic rings. The number of H-pyrrole nitrogens is 1. The van der Waals surface area contributed by atoms with Gasteiger partial charge in [-0.15, -0.1) is 0 Å². The third kappa shape index (κ3) is 3.84. The summed E-state index contributed by atoms with van der Waals surface area (Å²) in [6, 6.07) is 7.97. The summed E-state index contributed by atoms with van der Waals surface area (Å²) in [4.78, 5) is 3.05. The monoisotopic (exact) mass is 437 g/mol. The lowest BCUT2D eigenvalue weighted by atomic mass is 9.70. The summed E-state index contributed by atoms with van der Waals surface area (Å²) >= 11 is 0. The van der Waals surface area contributed by atoms with Gasteiger partial charge in [-0.2, -0.15) is 12.7 Å². The normalized spacial score (nSPS) is 19.4. The average Bonchev–Trinajstić information content (AvgIpc) is 3.00. The van der Waals surface area contributed by atoms with Crippen molar-refractivity contribution >= 4 is 21.1 Å². The van der Waals surface area contributed by atoms with Gasteiger partial charge in [-0.05, 0) is 66.1 Å². The van der Waals surface area contributed by atoms with Gasteiger partial charge in [-0.3, -0.25) is 0 Å². The van der Waals surface area contributed by atoms with Gasteiger partial charge in [0, 0.05) is 32.1 Å². The van der Waals surface area contributed by atoms with Crippen LogP contribution in [0.2, 0.25) is 0 Å². The van der Waals surface area contributed by atoms with E-state index in [1.54, 1.807) is 12.1 Å². The zero-order valence-corrected chi connectivity index (χ0v) is 17.4. The largest absolute Gasteiger partial charge is 0.352 e. The first-order chi connectivity index (χ1) is 14.2. The summed E-state index contributed by atoms with van der Waals surface area (Å²) < 4.78 is 69.2. The number of benzene rings is 2. The number of aromatic amines is 1. The van der Waals surface area contributed by atoms with Crippen molar-refractivity contribution in [1.82, 2.24) is 14.0 Å². The maximum atomic E-state index is 14.4. The summed E-state index contributed by atoms with van der Waals surface area (Å²) in [5.41, 5.74) is 2.30. The molecule has 4 rings (SSSR count). The number of rotatable bonds is 6. The van der Waals surface area contributed by atoms with Crippen molar-refractivity contribution in [2.45, 2.75) is 18.8 Å². The van der Waals surface area contributed by atoms with Crippen LogP contribution in [0.1, 0.15) is 24.3 Å². The van der Waals surface area contributed by atoms with Gasteiger partial charge in [0.1, 0.15) is 17.5 Å². The smallest absolute Gasteiger partial charge is 0.278 e. The van der Waals surface area contributed by atoms with Crippen molar-refractivity contribution in [3.8, 4) is 11.3 Å². The number of fused-ring (bicyclic) bond motifs is 1. The standard InChI is InChI=1S/C21H22F3N3O2S/c1-27(2)30(28,29)25-11-12-7-14(8-12)19-17-9-16(23)10-18(24)21(17)26-20(19)13-3-5-15(22)6-4-13/h3-6,9-10,12,14,25-26H,7-8,11H2,1-2H3/t12-,14-. The van der Waals surface area contributed by atoms with Crippen LogP contribution in [0.25, 0.3) is 22.2 Å². The minimum atomic E-state index is -3.50. The second-order valence-electron chi connectivity index (χ2n) is 7.90. The second-order valence-corrected chi connectivity index (χ2v) is 9.87. The van der Waals surface area contributed by atoms with Gasteiger partial charge in [0.15, 0.2) is 0 Å². The van der Waals surface area contributed by atoms with E-state index in [2.05, 4.69) is 9.71 Å². The Labute approximate surface area is 173 Å². The van der Waals surface area contributed by atoms with Crippen LogP contribution in [0.15, 0.2) is 36.4 Å². The fourth-order valence-electron chi connectivity index (χ4n) is 4.00. The molecule has 1 heterocycles. The highest BCUT2D eigenvalue weighted by Crippen LogP contribution is 2.48. The number of nitrogens with zero attached hydrogens (tertiary/aromatic N) is 1. The fraction of sp³-hybridized carbons (Fsp3) is 0.333. The molecule has 160 valence electrons. The number of halogens is 3. The van der Waals surface area contributed by atoms with E-state index in [-0.39, 0.29) is 23.2 Å². The molecule has 30 heavy (non-hydrogen) atoms. The first-order valence-corrected chi connectivity index (χ1v) is 11.0. The summed E-state index contributed by atoms with van der Waals surface area (Å²) in [5, 5.41) is 0.462. The maximum Gasteiger partial charge on any atom is 0.278 e. The number of aromatic nitrogens is 1. The molecule has 0 amide bonds. The Bertz CT molecular complexity index is 1180. The van der Waals surface area contributed by atoms with Crippen LogP contribution in [-0.4, -0.2) is 38.3 Å². The SMILES string of the molecule is CN(C)S(=O)(=O)NC[C@H]1C[C@H](c2c(-c3ccc(F)cc3)[nH]c3c(F)cc(F)cc32)C1. The molecule has 0 radical (unpaired) electrons. The molecule has 2 N–H and O–H groups in total. The van der Waals surface area contributed by atoms with E-state index >= 15 is 0 Å². The molecule has 0 saturated heterocycles. The molecule has 3 aromatic rings. The fourth-order valence-corrected chi connectivity index (χ4v) is 4.70. The minimum absolute atomic E-state index is 0.00821. The molecule has 0 bridgehead atoms. The van der Waals surface area contributed by atoms with Crippen LogP contribution >= 0.6 is 0 Å². The number of hydrogen-bond donors (Lipinski definition) is 2. The van der Waals surface area contributed by atoms with Gasteiger partial charge >= 0.3 is 0 Å². The van der Waals surface area contributed by atoms with Gasteiger partial charge in [0.25, 0.3) is 10.2 Å². The molecular weight excluding hydrogens is 415 g/mol. The third-order valence-corrected chi connectivity index (χ3v) is 7.17. The second kappa shape index (κ2) is 7.72. The number of nitrogens with one attached hydrogen (secondary N) is 2. The van der Waals surface area contributed by atoms with E-state index in [1.807, 2.05) is 0 Å². The molecule has 0 aliphatic heterocycles. The van der Waals surface area contributed by atoms with Crippen molar-refractivity contribution < 1.29 is 21.6 Å². The molecule has 2 aromatic carbocycles. The van der Waals surface area contributed by atoms with Crippen molar-refractivity contribution in [2.75, 3.05) is 20.6 Å². The van der Waals surface area contributed by atoms with Crippen LogP contribution in [0.5, 0.6) is 0 Å². The zero-order valence-electron chi connectivity index (χ0n) is 16.5. The minimum Gasteiger partial charge on any atom is -0.352 e. The third-order valence-electron chi connectivity index (χ3n) is 5.68. The lowest BCUT2D eigenvalue weighted by Gasteiger charge is -2.36. The topological polar surface area (TPSA) is 65.2 Å². The Balaban J connectivity index is 1.65. The van der Waals surface area contributed by atoms with E-state index in [0.29, 0.717) is 36.0 Å². The van der Waals surface area contributed by atoms with Gasteiger partial charge in [0.05, 0.1) is 11.2 Å². The molecule has 5 nitrogen and oxygen atoms in total. The Morgan fingerprint density at radius 1 is 1.07 bits per heavy atom. The molecule has 1 aromatic heterocycles. The molecule has 0 unspecified atom stereocenters. The van der Waals surface area contributed by atoms with E-state index in [1.165, 1.54) is 32.3 Å². The summed E-state index contributed by atoms with van der Waals surface area (Å²) in [6.07, 6.45) is 1.35. The highest BCUT2D eigenvalue weighted by molar-refractivity contribution is 7.87. The summed E-state index contributed by atoms with van der Waals surface area (Å²) in [6.45, 7) is 0.300. The van der Waals surface area contributed by atoms with Crippen LogP contribution < -0.4 is 4.72 Å². The van der Waals surface area contributed by atoms with Crippen LogP contribution in [0.3, 0.4) is 0 Å². The van der Waals surface area contributed by atoms with Gasteiger partial charge in [0.2, 0.25) is 0 Å². The predicted octanol–water partition coefficient (Wildman–Crippen LogP) is 4.14. The van der Waals surface area contributed by atoms with E-state index < -0.39 is 21.8 Å². The van der Waals surface area contributed by atoms with Crippen molar-refractivity contribution in [2.24, 2.45) is 5.92 Å². The Kier molecular flexibility index (Phi) is 5.37. The van der Waals surface area contributed by atoms with Crippen LogP contribution in [0, 0.1) is 23.4 Å². The molecule has 0 spiro atoms. The number of hydrogen-bond acceptors (Lipinski definition) is 2. The Morgan fingerprint density at radius 2 is 1.73 bits per heavy atom. The predicted molar refractivity (Wildman–Crippen MR) is 110 cm³/mol. The molecule has 0 atom stereocenters. The molecule has 1 aliphatic carbocycles. The first kappa shape index (κ1) is 20.9. The van der Waals surface area contributed by atoms with Crippen LogP contribution in [0.4, 0.5) is 13.2 Å². The lowest BCUT2D eigenvalue weighted by molar-refractivity contribution is 0.266. The van der Waals surface area contributed by atoms with E-state index in [9.17, 15) is 21.6 Å². The van der Waals surface area contributed by atoms with E-state index in [4.69, 9.17) is 0 Å². The Morgan fingerprint density at radius 3 is 2.37 bits per heavy atom. The summed E-state index contributed by atoms with van der Waals surface area (Å²) in [5.74, 6) is -1.61. The van der Waals surface area contributed by atoms with Crippen molar-refractivity contribution in [1.29, 1.82) is 0 Å². The van der Waals surface area contributed by atoms with Gasteiger partial charge in [-0.25, -0.2) is 17.9 Å². The van der Waals surface area contributed by atoms with Gasteiger partial charge in [-0.1, -0.05) is 0 Å². The van der Waals surface area contributed by atoms with Crippen molar-refractivity contribution in [3.63, 3.8) is 0 Å². The lowest BCUT2D eigenvalue weighted by Crippen LogP contribution is -2.41. The quantitative estimate of drug-likeness (QED) is 0.609. The van der Waals surface area contributed by atoms with Gasteiger partial charge < -0.3 is 4.98 Å².